The number of allylic oxidation sites excluding steroid dienone is 2. The first-order valence-corrected chi connectivity index (χ1v) is 6.43. The van der Waals surface area contributed by atoms with E-state index >= 15 is 0 Å². The van der Waals surface area contributed by atoms with Gasteiger partial charge in [-0.1, -0.05) is 72.1 Å². The highest BCUT2D eigenvalue weighted by Crippen LogP contribution is 2.69. The van der Waals surface area contributed by atoms with E-state index < -0.39 is 0 Å². The summed E-state index contributed by atoms with van der Waals surface area (Å²) in [4.78, 5) is 0. The van der Waals surface area contributed by atoms with Crippen molar-refractivity contribution in [2.24, 2.45) is 0 Å². The molecule has 1 saturated heterocycles. The van der Waals surface area contributed by atoms with Crippen LogP contribution in [0.15, 0.2) is 24.3 Å². The molecule has 4 heteroatoms. The number of halogens is 3. The number of rotatable bonds is 0. The zero-order chi connectivity index (χ0) is 8.11. The number of thioether (sulfide) groups is 1. The molecule has 1 aliphatic carbocycles. The summed E-state index contributed by atoms with van der Waals surface area (Å²) in [5, 5.41) is 0.616. The first kappa shape index (κ1) is 8.85. The molecule has 0 nitrogen and oxygen atoms in total. The maximum absolute atomic E-state index is 3.57. The highest BCUT2D eigenvalue weighted by Gasteiger charge is 2.63. The maximum Gasteiger partial charge on any atom is 0.154 e. The van der Waals surface area contributed by atoms with Crippen LogP contribution < -0.4 is 0 Å². The van der Waals surface area contributed by atoms with Gasteiger partial charge in [0.1, 0.15) is 0 Å². The van der Waals surface area contributed by atoms with Crippen LogP contribution >= 0.6 is 59.6 Å². The fraction of sp³-hybridized carbons (Fsp3) is 0.429. The predicted molar refractivity (Wildman–Crippen MR) is 61.9 cm³/mol. The van der Waals surface area contributed by atoms with Gasteiger partial charge in [-0.15, -0.1) is 11.8 Å². The summed E-state index contributed by atoms with van der Waals surface area (Å²) in [5.74, 6) is 0. The molecule has 2 unspecified atom stereocenters. The van der Waals surface area contributed by atoms with Crippen molar-refractivity contribution >= 4 is 59.6 Å². The lowest BCUT2D eigenvalue weighted by Crippen LogP contribution is -2.27. The molecule has 0 spiro atoms. The van der Waals surface area contributed by atoms with E-state index in [1.165, 1.54) is 0 Å². The smallest absolute Gasteiger partial charge is 0.137 e. The topological polar surface area (TPSA) is 0 Å². The van der Waals surface area contributed by atoms with E-state index in [1.807, 2.05) is 11.8 Å². The van der Waals surface area contributed by atoms with Crippen molar-refractivity contribution in [3.63, 3.8) is 0 Å². The molecule has 0 saturated carbocycles. The van der Waals surface area contributed by atoms with E-state index in [2.05, 4.69) is 72.1 Å². The van der Waals surface area contributed by atoms with Crippen LogP contribution in [0.5, 0.6) is 0 Å². The van der Waals surface area contributed by atoms with Crippen LogP contribution in [0.1, 0.15) is 0 Å². The van der Waals surface area contributed by atoms with E-state index in [4.69, 9.17) is 0 Å². The summed E-state index contributed by atoms with van der Waals surface area (Å²) in [6, 6.07) is 0. The Bertz CT molecular complexity index is 241. The van der Waals surface area contributed by atoms with Crippen molar-refractivity contribution in [1.29, 1.82) is 0 Å². The molecule has 1 aliphatic heterocycles. The minimum atomic E-state index is -0.156. The summed E-state index contributed by atoms with van der Waals surface area (Å²) in [7, 11) is 0. The van der Waals surface area contributed by atoms with Crippen molar-refractivity contribution in [2.75, 3.05) is 0 Å². The van der Waals surface area contributed by atoms with Gasteiger partial charge in [0.25, 0.3) is 0 Å². The van der Waals surface area contributed by atoms with Crippen molar-refractivity contribution < 1.29 is 0 Å². The lowest BCUT2D eigenvalue weighted by atomic mass is 10.0. The monoisotopic (exact) mass is 358 g/mol. The van der Waals surface area contributed by atoms with E-state index in [-0.39, 0.29) is 6.89 Å². The average molecular weight is 361 g/mol. The molecule has 2 rings (SSSR count). The third-order valence-corrected chi connectivity index (χ3v) is 6.24. The molecule has 1 fully saturated rings. The molecule has 2 atom stereocenters. The highest BCUT2D eigenvalue weighted by atomic mass is 80.0. The van der Waals surface area contributed by atoms with Crippen molar-refractivity contribution in [3.8, 4) is 0 Å². The Balaban J connectivity index is 2.29. The van der Waals surface area contributed by atoms with Crippen molar-refractivity contribution in [3.05, 3.63) is 24.3 Å². The predicted octanol–water partition coefficient (Wildman–Crippen LogP) is 3.81. The molecule has 11 heavy (non-hydrogen) atoms. The molecule has 0 radical (unpaired) electrons. The Labute approximate surface area is 95.3 Å². The van der Waals surface area contributed by atoms with Crippen LogP contribution in [0, 0.1) is 0 Å². The number of hydrogen-bond donors (Lipinski definition) is 0. The summed E-state index contributed by atoms with van der Waals surface area (Å²) in [5.41, 5.74) is 0. The molecule has 1 heterocycles. The minimum Gasteiger partial charge on any atom is -0.137 e. The summed E-state index contributed by atoms with van der Waals surface area (Å²) >= 11 is 12.6. The molecule has 60 valence electrons. The second-order valence-corrected chi connectivity index (χ2v) is 10.8. The first-order chi connectivity index (χ1) is 5.06. The van der Waals surface area contributed by atoms with Crippen LogP contribution in [0.3, 0.4) is 0 Å². The van der Waals surface area contributed by atoms with Gasteiger partial charge in [0.2, 0.25) is 0 Å². The van der Waals surface area contributed by atoms with Gasteiger partial charge in [-0.05, 0) is 0 Å². The number of fused-ring (bicyclic) bond motifs is 1. The zero-order valence-corrected chi connectivity index (χ0v) is 11.0. The average Bonchev–Trinajstić information content (AvgIpc) is 2.59. The van der Waals surface area contributed by atoms with Crippen LogP contribution in [-0.2, 0) is 0 Å². The van der Waals surface area contributed by atoms with Gasteiger partial charge >= 0.3 is 0 Å². The van der Waals surface area contributed by atoms with Crippen LogP contribution in [-0.4, -0.2) is 12.1 Å². The molecule has 2 aliphatic rings. The molecule has 0 aromatic carbocycles. The Morgan fingerprint density at radius 2 is 2.00 bits per heavy atom. The summed E-state index contributed by atoms with van der Waals surface area (Å²) < 4.78 is 0.0261. The van der Waals surface area contributed by atoms with Gasteiger partial charge in [0.15, 0.2) is 2.14 Å². The fourth-order valence-corrected chi connectivity index (χ4v) is 4.76. The normalized spacial score (nSPS) is 40.5. The van der Waals surface area contributed by atoms with Gasteiger partial charge in [0, 0.05) is 5.25 Å². The van der Waals surface area contributed by atoms with E-state index in [0.717, 1.165) is 0 Å². The fourth-order valence-electron chi connectivity index (χ4n) is 1.18. The summed E-state index contributed by atoms with van der Waals surface area (Å²) in [6.45, 7) is 0. The molecular formula is C7H5Br3S. The second-order valence-electron chi connectivity index (χ2n) is 2.57. The largest absolute Gasteiger partial charge is 0.154 e. The molecular weight excluding hydrogens is 356 g/mol. The van der Waals surface area contributed by atoms with E-state index in [9.17, 15) is 0 Å². The van der Waals surface area contributed by atoms with Crippen LogP contribution in [0.2, 0.25) is 0 Å². The second kappa shape index (κ2) is 2.63. The Morgan fingerprint density at radius 3 is 2.45 bits per heavy atom. The van der Waals surface area contributed by atoms with Gasteiger partial charge in [0.05, 0.1) is 4.75 Å². The molecule has 0 bridgehead atoms. The Kier molecular flexibility index (Phi) is 2.11. The molecule has 0 aromatic heterocycles. The third-order valence-electron chi connectivity index (χ3n) is 1.87. The van der Waals surface area contributed by atoms with Gasteiger partial charge in [-0.25, -0.2) is 0 Å². The number of hydrogen-bond acceptors (Lipinski definition) is 1. The molecule has 0 amide bonds. The minimum absolute atomic E-state index is 0.156. The van der Waals surface area contributed by atoms with Gasteiger partial charge in [-0.2, -0.15) is 0 Å². The van der Waals surface area contributed by atoms with Gasteiger partial charge in [-0.3, -0.25) is 0 Å². The lowest BCUT2D eigenvalue weighted by molar-refractivity contribution is 0.893. The highest BCUT2D eigenvalue weighted by molar-refractivity contribution is 9.39. The standard InChI is InChI=1S/C7H5Br3S/c8-7(9,10)6-4-2-1-3-5(6)11-6/h1-5H. The van der Waals surface area contributed by atoms with Crippen molar-refractivity contribution in [2.45, 2.75) is 12.1 Å². The van der Waals surface area contributed by atoms with E-state index in [0.29, 0.717) is 5.25 Å². The van der Waals surface area contributed by atoms with Crippen LogP contribution in [0.4, 0.5) is 0 Å². The maximum atomic E-state index is 3.57. The van der Waals surface area contributed by atoms with E-state index in [1.54, 1.807) is 0 Å². The Hall–Kier alpha value is 1.27. The number of alkyl halides is 3. The van der Waals surface area contributed by atoms with Gasteiger partial charge < -0.3 is 0 Å². The Morgan fingerprint density at radius 1 is 1.27 bits per heavy atom. The molecule has 0 N–H and O–H groups in total. The van der Waals surface area contributed by atoms with Crippen molar-refractivity contribution in [1.82, 2.24) is 0 Å². The quantitative estimate of drug-likeness (QED) is 0.467. The zero-order valence-electron chi connectivity index (χ0n) is 5.43. The van der Waals surface area contributed by atoms with Crippen LogP contribution in [0.25, 0.3) is 0 Å². The molecule has 0 aromatic rings. The SMILES string of the molecule is BrC(Br)(Br)C12C=CC=CC1S2. The lowest BCUT2D eigenvalue weighted by Gasteiger charge is -2.21. The first-order valence-electron chi connectivity index (χ1n) is 3.17. The third kappa shape index (κ3) is 1.30. The summed E-state index contributed by atoms with van der Waals surface area (Å²) in [6.07, 6.45) is 8.64.